The van der Waals surface area contributed by atoms with Crippen molar-refractivity contribution < 1.29 is 14.3 Å². The third kappa shape index (κ3) is 5.97. The van der Waals surface area contributed by atoms with Gasteiger partial charge in [0, 0.05) is 37.6 Å². The molecule has 1 fully saturated rings. The minimum atomic E-state index is -0.0433. The summed E-state index contributed by atoms with van der Waals surface area (Å²) in [6, 6.07) is 13.5. The second-order valence-electron chi connectivity index (χ2n) is 7.45. The fraction of sp³-hybridized carbons (Fsp3) is 0.391. The van der Waals surface area contributed by atoms with Crippen LogP contribution in [-0.2, 0) is 16.0 Å². The Labute approximate surface area is 177 Å². The molecule has 2 amide bonds. The van der Waals surface area contributed by atoms with Crippen molar-refractivity contribution in [1.82, 2.24) is 9.80 Å². The Morgan fingerprint density at radius 3 is 2.17 bits per heavy atom. The van der Waals surface area contributed by atoms with Gasteiger partial charge >= 0.3 is 0 Å². The molecule has 5 nitrogen and oxygen atoms in total. The second kappa shape index (κ2) is 9.79. The molecule has 0 aliphatic carbocycles. The summed E-state index contributed by atoms with van der Waals surface area (Å²) in [6.07, 6.45) is 1.16. The van der Waals surface area contributed by atoms with E-state index < -0.39 is 0 Å². The van der Waals surface area contributed by atoms with Gasteiger partial charge in [-0.15, -0.1) is 0 Å². The van der Waals surface area contributed by atoms with Crippen LogP contribution >= 0.6 is 11.6 Å². The summed E-state index contributed by atoms with van der Waals surface area (Å²) in [5, 5.41) is 0.697. The minimum absolute atomic E-state index is 0.0222. The third-order valence-corrected chi connectivity index (χ3v) is 5.46. The van der Waals surface area contributed by atoms with Crippen molar-refractivity contribution in [3.8, 4) is 5.75 Å². The zero-order valence-electron chi connectivity index (χ0n) is 17.0. The molecule has 0 aromatic heterocycles. The van der Waals surface area contributed by atoms with Crippen molar-refractivity contribution in [3.63, 3.8) is 0 Å². The van der Waals surface area contributed by atoms with Crippen molar-refractivity contribution in [1.29, 1.82) is 0 Å². The van der Waals surface area contributed by atoms with Crippen LogP contribution in [0, 0.1) is 13.8 Å². The largest absolute Gasteiger partial charge is 0.484 e. The highest BCUT2D eigenvalue weighted by atomic mass is 35.5. The van der Waals surface area contributed by atoms with Gasteiger partial charge in [-0.1, -0.05) is 41.4 Å². The van der Waals surface area contributed by atoms with E-state index in [4.69, 9.17) is 16.3 Å². The highest BCUT2D eigenvalue weighted by Crippen LogP contribution is 2.19. The second-order valence-corrected chi connectivity index (χ2v) is 7.88. The van der Waals surface area contributed by atoms with Crippen LogP contribution in [0.25, 0.3) is 0 Å². The van der Waals surface area contributed by atoms with Gasteiger partial charge in [0.05, 0.1) is 0 Å². The monoisotopic (exact) mass is 414 g/mol. The molecule has 0 N–H and O–H groups in total. The summed E-state index contributed by atoms with van der Waals surface area (Å²) in [5.41, 5.74) is 3.28. The number of halogens is 1. The fourth-order valence-corrected chi connectivity index (χ4v) is 3.58. The number of benzene rings is 2. The molecular formula is C23H27ClN2O3. The number of piperazine rings is 1. The van der Waals surface area contributed by atoms with Crippen molar-refractivity contribution in [2.45, 2.75) is 26.7 Å². The number of ether oxygens (including phenoxy) is 1. The first-order valence-corrected chi connectivity index (χ1v) is 10.3. The molecule has 0 bridgehead atoms. The van der Waals surface area contributed by atoms with E-state index in [0.717, 1.165) is 22.4 Å². The molecule has 0 atom stereocenters. The fourth-order valence-electron chi connectivity index (χ4n) is 3.46. The topological polar surface area (TPSA) is 49.9 Å². The van der Waals surface area contributed by atoms with Crippen LogP contribution < -0.4 is 4.74 Å². The number of amides is 2. The Balaban J connectivity index is 1.41. The minimum Gasteiger partial charge on any atom is -0.484 e. The maximum Gasteiger partial charge on any atom is 0.260 e. The Kier molecular flexibility index (Phi) is 7.15. The Bertz CT molecular complexity index is 859. The summed E-state index contributed by atoms with van der Waals surface area (Å²) in [7, 11) is 0. The van der Waals surface area contributed by atoms with Crippen molar-refractivity contribution in [2.24, 2.45) is 0 Å². The molecule has 1 heterocycles. The van der Waals surface area contributed by atoms with Gasteiger partial charge in [-0.2, -0.15) is 0 Å². The number of hydrogen-bond acceptors (Lipinski definition) is 3. The number of aryl methyl sites for hydroxylation is 3. The van der Waals surface area contributed by atoms with Crippen molar-refractivity contribution in [3.05, 3.63) is 64.2 Å². The van der Waals surface area contributed by atoms with Crippen LogP contribution in [0.3, 0.4) is 0 Å². The Morgan fingerprint density at radius 1 is 0.931 bits per heavy atom. The molecule has 0 saturated carbocycles. The maximum atomic E-state index is 12.5. The lowest BCUT2D eigenvalue weighted by atomic mass is 10.1. The zero-order chi connectivity index (χ0) is 20.8. The standard InChI is InChI=1S/C23H27ClN2O3/c1-17-3-9-21(18(2)15-17)29-16-23(28)26-13-11-25(12-14-26)22(27)10-6-19-4-7-20(24)8-5-19/h3-5,7-9,15H,6,10-14,16H2,1-2H3. The normalized spacial score (nSPS) is 14.0. The lowest BCUT2D eigenvalue weighted by Gasteiger charge is -2.34. The maximum absolute atomic E-state index is 12.5. The Morgan fingerprint density at radius 2 is 1.55 bits per heavy atom. The predicted molar refractivity (Wildman–Crippen MR) is 114 cm³/mol. The summed E-state index contributed by atoms with van der Waals surface area (Å²) in [4.78, 5) is 28.5. The molecule has 0 spiro atoms. The number of carbonyl (C=O) groups excluding carboxylic acids is 2. The van der Waals surface area contributed by atoms with E-state index in [-0.39, 0.29) is 18.4 Å². The molecule has 0 radical (unpaired) electrons. The van der Waals surface area contributed by atoms with Crippen LogP contribution in [0.15, 0.2) is 42.5 Å². The van der Waals surface area contributed by atoms with E-state index in [1.165, 1.54) is 0 Å². The lowest BCUT2D eigenvalue weighted by Crippen LogP contribution is -2.51. The van der Waals surface area contributed by atoms with Gasteiger partial charge in [0.2, 0.25) is 5.91 Å². The van der Waals surface area contributed by atoms with E-state index in [9.17, 15) is 9.59 Å². The van der Waals surface area contributed by atoms with Crippen LogP contribution in [-0.4, -0.2) is 54.4 Å². The van der Waals surface area contributed by atoms with Gasteiger partial charge in [-0.05, 0) is 49.6 Å². The Hall–Kier alpha value is -2.53. The van der Waals surface area contributed by atoms with Crippen molar-refractivity contribution >= 4 is 23.4 Å². The van der Waals surface area contributed by atoms with Gasteiger partial charge in [0.25, 0.3) is 5.91 Å². The number of carbonyl (C=O) groups is 2. The molecule has 6 heteroatoms. The number of nitrogens with zero attached hydrogens (tertiary/aromatic N) is 2. The average molecular weight is 415 g/mol. The molecule has 1 aliphatic heterocycles. The lowest BCUT2D eigenvalue weighted by molar-refractivity contribution is -0.140. The quantitative estimate of drug-likeness (QED) is 0.725. The summed E-state index contributed by atoms with van der Waals surface area (Å²) in [5.74, 6) is 0.816. The molecule has 29 heavy (non-hydrogen) atoms. The summed E-state index contributed by atoms with van der Waals surface area (Å²) >= 11 is 5.89. The number of hydrogen-bond donors (Lipinski definition) is 0. The van der Waals surface area contributed by atoms with E-state index in [0.29, 0.717) is 44.0 Å². The first-order chi connectivity index (χ1) is 13.9. The third-order valence-electron chi connectivity index (χ3n) is 5.21. The molecular weight excluding hydrogens is 388 g/mol. The molecule has 3 rings (SSSR count). The zero-order valence-corrected chi connectivity index (χ0v) is 17.7. The highest BCUT2D eigenvalue weighted by Gasteiger charge is 2.24. The van der Waals surface area contributed by atoms with E-state index >= 15 is 0 Å². The van der Waals surface area contributed by atoms with E-state index in [2.05, 4.69) is 0 Å². The van der Waals surface area contributed by atoms with Crippen LogP contribution in [0.2, 0.25) is 5.02 Å². The van der Waals surface area contributed by atoms with E-state index in [1.807, 2.05) is 61.2 Å². The number of rotatable bonds is 6. The molecule has 0 unspecified atom stereocenters. The smallest absolute Gasteiger partial charge is 0.260 e. The summed E-state index contributed by atoms with van der Waals surface area (Å²) in [6.45, 7) is 6.24. The molecule has 1 aliphatic rings. The van der Waals surface area contributed by atoms with Gasteiger partial charge in [0.15, 0.2) is 6.61 Å². The molecule has 2 aromatic carbocycles. The van der Waals surface area contributed by atoms with Gasteiger partial charge in [-0.3, -0.25) is 9.59 Å². The molecule has 154 valence electrons. The first kappa shape index (κ1) is 21.2. The van der Waals surface area contributed by atoms with Gasteiger partial charge in [0.1, 0.15) is 5.75 Å². The molecule has 1 saturated heterocycles. The van der Waals surface area contributed by atoms with Crippen molar-refractivity contribution in [2.75, 3.05) is 32.8 Å². The van der Waals surface area contributed by atoms with Gasteiger partial charge < -0.3 is 14.5 Å². The first-order valence-electron chi connectivity index (χ1n) is 9.92. The summed E-state index contributed by atoms with van der Waals surface area (Å²) < 4.78 is 5.70. The van der Waals surface area contributed by atoms with Crippen LogP contribution in [0.5, 0.6) is 5.75 Å². The van der Waals surface area contributed by atoms with E-state index in [1.54, 1.807) is 4.90 Å². The van der Waals surface area contributed by atoms with Gasteiger partial charge in [-0.25, -0.2) is 0 Å². The van der Waals surface area contributed by atoms with Crippen LogP contribution in [0.1, 0.15) is 23.1 Å². The van der Waals surface area contributed by atoms with Crippen LogP contribution in [0.4, 0.5) is 0 Å². The average Bonchev–Trinajstić information content (AvgIpc) is 2.72. The highest BCUT2D eigenvalue weighted by molar-refractivity contribution is 6.30. The SMILES string of the molecule is Cc1ccc(OCC(=O)N2CCN(C(=O)CCc3ccc(Cl)cc3)CC2)c(C)c1. The molecule has 2 aromatic rings. The predicted octanol–water partition coefficient (Wildman–Crippen LogP) is 3.64.